The lowest BCUT2D eigenvalue weighted by Crippen LogP contribution is -2.35. The Hall–Kier alpha value is -2.47. The molecule has 6 heteroatoms. The van der Waals surface area contributed by atoms with Crippen LogP contribution in [-0.4, -0.2) is 29.2 Å². The number of hydrogen-bond donors (Lipinski definition) is 1. The topological polar surface area (TPSA) is 66.5 Å². The zero-order valence-corrected chi connectivity index (χ0v) is 13.4. The molecule has 0 radical (unpaired) electrons. The van der Waals surface area contributed by atoms with Crippen molar-refractivity contribution in [2.75, 3.05) is 6.54 Å². The van der Waals surface area contributed by atoms with Crippen LogP contribution in [-0.2, 0) is 4.79 Å². The van der Waals surface area contributed by atoms with Gasteiger partial charge in [-0.15, -0.1) is 11.3 Å². The molecule has 0 saturated carbocycles. The largest absolute Gasteiger partial charge is 0.349 e. The normalized spacial score (nSPS) is 14.7. The molecule has 0 unspecified atom stereocenters. The van der Waals surface area contributed by atoms with E-state index >= 15 is 0 Å². The van der Waals surface area contributed by atoms with Crippen molar-refractivity contribution in [3.8, 4) is 0 Å². The maximum absolute atomic E-state index is 12.2. The Morgan fingerprint density at radius 1 is 1.13 bits per heavy atom. The zero-order valence-electron chi connectivity index (χ0n) is 12.6. The molecular weight excluding hydrogens is 312 g/mol. The van der Waals surface area contributed by atoms with E-state index in [1.54, 1.807) is 35.6 Å². The highest BCUT2D eigenvalue weighted by molar-refractivity contribution is 7.10. The molecule has 2 aromatic rings. The zero-order chi connectivity index (χ0) is 16.4. The molecule has 1 aliphatic rings. The first-order chi connectivity index (χ1) is 11.1. The second-order valence-electron chi connectivity index (χ2n) is 5.36. The van der Waals surface area contributed by atoms with Gasteiger partial charge in [0.1, 0.15) is 0 Å². The fourth-order valence-corrected chi connectivity index (χ4v) is 3.31. The highest BCUT2D eigenvalue weighted by Gasteiger charge is 2.34. The second kappa shape index (κ2) is 6.34. The minimum Gasteiger partial charge on any atom is -0.349 e. The molecule has 1 aliphatic heterocycles. The van der Waals surface area contributed by atoms with Gasteiger partial charge in [0.2, 0.25) is 5.91 Å². The first kappa shape index (κ1) is 15.4. The highest BCUT2D eigenvalue weighted by atomic mass is 32.1. The third-order valence-electron chi connectivity index (χ3n) is 3.79. The van der Waals surface area contributed by atoms with Crippen molar-refractivity contribution in [3.63, 3.8) is 0 Å². The van der Waals surface area contributed by atoms with E-state index in [2.05, 4.69) is 5.32 Å². The van der Waals surface area contributed by atoms with Gasteiger partial charge in [-0.25, -0.2) is 0 Å². The SMILES string of the molecule is C[C@@H](NC(=O)CCN1C(=O)c2ccccc2C1=O)c1cccs1. The molecule has 23 heavy (non-hydrogen) atoms. The average Bonchev–Trinajstić information content (AvgIpc) is 3.15. The van der Waals surface area contributed by atoms with Crippen LogP contribution < -0.4 is 5.32 Å². The number of fused-ring (bicyclic) bond motifs is 1. The monoisotopic (exact) mass is 328 g/mol. The van der Waals surface area contributed by atoms with Crippen LogP contribution in [0.15, 0.2) is 41.8 Å². The standard InChI is InChI=1S/C17H16N2O3S/c1-11(14-7-4-10-23-14)18-15(20)8-9-19-16(21)12-5-2-3-6-13(12)17(19)22/h2-7,10-11H,8-9H2,1H3,(H,18,20)/t11-/m1/s1. The fraction of sp³-hybridized carbons (Fsp3) is 0.235. The lowest BCUT2D eigenvalue weighted by Gasteiger charge is -2.15. The Morgan fingerprint density at radius 2 is 1.78 bits per heavy atom. The van der Waals surface area contributed by atoms with Crippen LogP contribution in [0.25, 0.3) is 0 Å². The molecule has 1 N–H and O–H groups in total. The van der Waals surface area contributed by atoms with Gasteiger partial charge in [-0.3, -0.25) is 19.3 Å². The lowest BCUT2D eigenvalue weighted by molar-refractivity contribution is -0.121. The van der Waals surface area contributed by atoms with Gasteiger partial charge in [0.15, 0.2) is 0 Å². The molecule has 0 aliphatic carbocycles. The van der Waals surface area contributed by atoms with E-state index in [1.807, 2.05) is 24.4 Å². The summed E-state index contributed by atoms with van der Waals surface area (Å²) in [6.07, 6.45) is 0.0984. The van der Waals surface area contributed by atoms with Crippen molar-refractivity contribution < 1.29 is 14.4 Å². The number of imide groups is 1. The fourth-order valence-electron chi connectivity index (χ4n) is 2.58. The maximum atomic E-state index is 12.2. The predicted molar refractivity (Wildman–Crippen MR) is 87.3 cm³/mol. The van der Waals surface area contributed by atoms with Gasteiger partial charge in [0, 0.05) is 17.8 Å². The Kier molecular flexibility index (Phi) is 4.25. The second-order valence-corrected chi connectivity index (χ2v) is 6.34. The first-order valence-corrected chi connectivity index (χ1v) is 8.24. The van der Waals surface area contributed by atoms with Gasteiger partial charge in [-0.05, 0) is 30.5 Å². The summed E-state index contributed by atoms with van der Waals surface area (Å²) in [5.41, 5.74) is 0.815. The average molecular weight is 328 g/mol. The van der Waals surface area contributed by atoms with Gasteiger partial charge in [0.05, 0.1) is 17.2 Å². The van der Waals surface area contributed by atoms with E-state index in [-0.39, 0.29) is 36.7 Å². The van der Waals surface area contributed by atoms with Crippen LogP contribution in [0.1, 0.15) is 45.0 Å². The minimum absolute atomic E-state index is 0.0790. The van der Waals surface area contributed by atoms with Gasteiger partial charge in [0.25, 0.3) is 11.8 Å². The summed E-state index contributed by atoms with van der Waals surface area (Å²) in [6.45, 7) is 2.00. The van der Waals surface area contributed by atoms with E-state index in [0.29, 0.717) is 11.1 Å². The van der Waals surface area contributed by atoms with Crippen molar-refractivity contribution in [1.82, 2.24) is 10.2 Å². The van der Waals surface area contributed by atoms with E-state index in [9.17, 15) is 14.4 Å². The number of rotatable bonds is 5. The molecule has 0 bridgehead atoms. The van der Waals surface area contributed by atoms with Crippen LogP contribution in [0.3, 0.4) is 0 Å². The Bertz CT molecular complexity index is 720. The summed E-state index contributed by atoms with van der Waals surface area (Å²) in [7, 11) is 0. The van der Waals surface area contributed by atoms with E-state index in [4.69, 9.17) is 0 Å². The molecule has 118 valence electrons. The summed E-state index contributed by atoms with van der Waals surface area (Å²) in [4.78, 5) is 38.7. The number of thiophene rings is 1. The van der Waals surface area contributed by atoms with Crippen molar-refractivity contribution in [1.29, 1.82) is 0 Å². The summed E-state index contributed by atoms with van der Waals surface area (Å²) in [6, 6.07) is 10.5. The van der Waals surface area contributed by atoms with Crippen molar-refractivity contribution >= 4 is 29.1 Å². The number of hydrogen-bond acceptors (Lipinski definition) is 4. The number of amides is 3. The molecule has 0 saturated heterocycles. The van der Waals surface area contributed by atoms with Crippen LogP contribution in [0.2, 0.25) is 0 Å². The van der Waals surface area contributed by atoms with Crippen LogP contribution in [0.5, 0.6) is 0 Å². The molecule has 1 aromatic heterocycles. The van der Waals surface area contributed by atoms with Crippen LogP contribution in [0.4, 0.5) is 0 Å². The van der Waals surface area contributed by atoms with Crippen molar-refractivity contribution in [3.05, 3.63) is 57.8 Å². The molecule has 1 aromatic carbocycles. The molecule has 3 rings (SSSR count). The third kappa shape index (κ3) is 3.03. The smallest absolute Gasteiger partial charge is 0.261 e. The Morgan fingerprint density at radius 3 is 2.35 bits per heavy atom. The van der Waals surface area contributed by atoms with Crippen LogP contribution in [0, 0.1) is 0 Å². The number of carbonyl (C=O) groups is 3. The number of nitrogens with zero attached hydrogens (tertiary/aromatic N) is 1. The molecule has 0 fully saturated rings. The highest BCUT2D eigenvalue weighted by Crippen LogP contribution is 2.22. The Balaban J connectivity index is 1.58. The summed E-state index contributed by atoms with van der Waals surface area (Å²) < 4.78 is 0. The van der Waals surface area contributed by atoms with Crippen molar-refractivity contribution in [2.24, 2.45) is 0 Å². The molecule has 0 spiro atoms. The number of benzene rings is 1. The molecular formula is C17H16N2O3S. The number of nitrogens with one attached hydrogen (secondary N) is 1. The predicted octanol–water partition coefficient (Wildman–Crippen LogP) is 2.61. The van der Waals surface area contributed by atoms with E-state index in [1.165, 1.54) is 0 Å². The van der Waals surface area contributed by atoms with Gasteiger partial charge < -0.3 is 5.32 Å². The molecule has 3 amide bonds. The molecule has 2 heterocycles. The van der Waals surface area contributed by atoms with Gasteiger partial charge in [-0.2, -0.15) is 0 Å². The van der Waals surface area contributed by atoms with E-state index < -0.39 is 0 Å². The van der Waals surface area contributed by atoms with E-state index in [0.717, 1.165) is 9.78 Å². The first-order valence-electron chi connectivity index (χ1n) is 7.36. The summed E-state index contributed by atoms with van der Waals surface area (Å²) in [5.74, 6) is -0.836. The summed E-state index contributed by atoms with van der Waals surface area (Å²) >= 11 is 1.58. The Labute approximate surface area is 137 Å². The summed E-state index contributed by atoms with van der Waals surface area (Å²) in [5, 5.41) is 4.83. The lowest BCUT2D eigenvalue weighted by atomic mass is 10.1. The van der Waals surface area contributed by atoms with Crippen LogP contribution >= 0.6 is 11.3 Å². The quantitative estimate of drug-likeness (QED) is 0.858. The number of carbonyl (C=O) groups excluding carboxylic acids is 3. The molecule has 1 atom stereocenters. The third-order valence-corrected chi connectivity index (χ3v) is 4.84. The van der Waals surface area contributed by atoms with Gasteiger partial charge in [-0.1, -0.05) is 18.2 Å². The minimum atomic E-state index is -0.329. The molecule has 5 nitrogen and oxygen atoms in total. The maximum Gasteiger partial charge on any atom is 0.261 e. The van der Waals surface area contributed by atoms with Gasteiger partial charge >= 0.3 is 0 Å². The van der Waals surface area contributed by atoms with Crippen molar-refractivity contribution in [2.45, 2.75) is 19.4 Å².